The van der Waals surface area contributed by atoms with Crippen molar-refractivity contribution in [3.63, 3.8) is 0 Å². The van der Waals surface area contributed by atoms with E-state index in [1.807, 2.05) is 60.7 Å². The van der Waals surface area contributed by atoms with Gasteiger partial charge in [0.2, 0.25) is 5.95 Å². The molecule has 0 radical (unpaired) electrons. The van der Waals surface area contributed by atoms with Gasteiger partial charge in [-0.25, -0.2) is 9.97 Å². The summed E-state index contributed by atoms with van der Waals surface area (Å²) in [5.41, 5.74) is 2.40. The Balaban J connectivity index is 2.04. The molecule has 92 valence electrons. The molecule has 2 nitrogen and oxygen atoms in total. The van der Waals surface area contributed by atoms with Crippen molar-refractivity contribution in [2.75, 3.05) is 0 Å². The van der Waals surface area contributed by atoms with Gasteiger partial charge in [0.25, 0.3) is 0 Å². The summed E-state index contributed by atoms with van der Waals surface area (Å²) in [6.07, 6.45) is 1.60. The molecular weight excluding hydrogens is 239 g/mol. The van der Waals surface area contributed by atoms with Crippen molar-refractivity contribution in [3.05, 3.63) is 72.8 Å². The van der Waals surface area contributed by atoms with Crippen molar-refractivity contribution in [1.29, 1.82) is 0 Å². The van der Waals surface area contributed by atoms with Crippen molar-refractivity contribution in [2.24, 2.45) is 0 Å². The van der Waals surface area contributed by atoms with Gasteiger partial charge in [-0.1, -0.05) is 60.7 Å². The van der Waals surface area contributed by atoms with Gasteiger partial charge in [0.05, 0.1) is 11.9 Å². The summed E-state index contributed by atoms with van der Waals surface area (Å²) in [6, 6.07) is 18.7. The van der Waals surface area contributed by atoms with Gasteiger partial charge in [0.1, 0.15) is 5.69 Å². The molecule has 0 amide bonds. The zero-order valence-electron chi connectivity index (χ0n) is 10.1. The number of benzene rings is 2. The van der Waals surface area contributed by atoms with E-state index in [2.05, 4.69) is 9.97 Å². The zero-order valence-corrected chi connectivity index (χ0v) is 10.1. The van der Waals surface area contributed by atoms with Crippen molar-refractivity contribution >= 4 is 0 Å². The molecule has 3 aromatic rings. The SMILES string of the molecule is Fc1nc(-c2ccccc2)cnc1-c1ccccc1. The molecular formula is C16H11FN2. The van der Waals surface area contributed by atoms with E-state index in [1.165, 1.54) is 0 Å². The van der Waals surface area contributed by atoms with Crippen molar-refractivity contribution in [1.82, 2.24) is 9.97 Å². The van der Waals surface area contributed by atoms with E-state index < -0.39 is 5.95 Å². The van der Waals surface area contributed by atoms with E-state index in [0.29, 0.717) is 5.69 Å². The lowest BCUT2D eigenvalue weighted by Crippen LogP contribution is -1.95. The number of rotatable bonds is 2. The standard InChI is InChI=1S/C16H11FN2/c17-16-15(13-9-5-2-6-10-13)18-11-14(19-16)12-7-3-1-4-8-12/h1-11H. The van der Waals surface area contributed by atoms with Gasteiger partial charge < -0.3 is 0 Å². The fourth-order valence-electron chi connectivity index (χ4n) is 1.90. The maximum atomic E-state index is 14.0. The average molecular weight is 250 g/mol. The van der Waals surface area contributed by atoms with Crippen LogP contribution < -0.4 is 0 Å². The van der Waals surface area contributed by atoms with Gasteiger partial charge in [0, 0.05) is 11.1 Å². The molecule has 0 aliphatic heterocycles. The summed E-state index contributed by atoms with van der Waals surface area (Å²) in [7, 11) is 0. The molecule has 0 saturated heterocycles. The third kappa shape index (κ3) is 2.36. The second-order valence-electron chi connectivity index (χ2n) is 4.13. The maximum Gasteiger partial charge on any atom is 0.239 e. The van der Waals surface area contributed by atoms with Crippen LogP contribution in [-0.2, 0) is 0 Å². The number of aromatic nitrogens is 2. The monoisotopic (exact) mass is 250 g/mol. The van der Waals surface area contributed by atoms with Gasteiger partial charge in [-0.15, -0.1) is 0 Å². The predicted molar refractivity (Wildman–Crippen MR) is 72.9 cm³/mol. The van der Waals surface area contributed by atoms with E-state index >= 15 is 0 Å². The minimum absolute atomic E-state index is 0.278. The smallest absolute Gasteiger partial charge is 0.239 e. The Bertz CT molecular complexity index is 682. The summed E-state index contributed by atoms with van der Waals surface area (Å²) in [6.45, 7) is 0. The number of hydrogen-bond donors (Lipinski definition) is 0. The number of nitrogens with zero attached hydrogens (tertiary/aromatic N) is 2. The molecule has 0 aliphatic carbocycles. The van der Waals surface area contributed by atoms with Crippen LogP contribution in [0.1, 0.15) is 0 Å². The van der Waals surface area contributed by atoms with Crippen LogP contribution in [0.5, 0.6) is 0 Å². The predicted octanol–water partition coefficient (Wildman–Crippen LogP) is 3.95. The first-order valence-corrected chi connectivity index (χ1v) is 5.98. The topological polar surface area (TPSA) is 25.8 Å². The quantitative estimate of drug-likeness (QED) is 0.688. The molecule has 0 bridgehead atoms. The average Bonchev–Trinajstić information content (AvgIpc) is 2.49. The van der Waals surface area contributed by atoms with Gasteiger partial charge in [0.15, 0.2) is 0 Å². The lowest BCUT2D eigenvalue weighted by Gasteiger charge is -2.04. The van der Waals surface area contributed by atoms with Gasteiger partial charge in [-0.3, -0.25) is 0 Å². The largest absolute Gasteiger partial charge is 0.249 e. The molecule has 19 heavy (non-hydrogen) atoms. The van der Waals surface area contributed by atoms with Crippen LogP contribution in [0, 0.1) is 5.95 Å². The first kappa shape index (κ1) is 11.5. The second-order valence-corrected chi connectivity index (χ2v) is 4.13. The first-order chi connectivity index (χ1) is 9.34. The molecule has 1 aromatic heterocycles. The van der Waals surface area contributed by atoms with Crippen LogP contribution in [-0.4, -0.2) is 9.97 Å². The maximum absolute atomic E-state index is 14.0. The summed E-state index contributed by atoms with van der Waals surface area (Å²) >= 11 is 0. The second kappa shape index (κ2) is 4.98. The third-order valence-corrected chi connectivity index (χ3v) is 2.85. The van der Waals surface area contributed by atoms with Crippen LogP contribution in [0.4, 0.5) is 4.39 Å². The van der Waals surface area contributed by atoms with Crippen LogP contribution in [0.2, 0.25) is 0 Å². The Morgan fingerprint density at radius 1 is 0.737 bits per heavy atom. The molecule has 0 aliphatic rings. The van der Waals surface area contributed by atoms with Crippen molar-refractivity contribution in [2.45, 2.75) is 0 Å². The molecule has 0 fully saturated rings. The lowest BCUT2D eigenvalue weighted by molar-refractivity contribution is 0.583. The fraction of sp³-hybridized carbons (Fsp3) is 0. The van der Waals surface area contributed by atoms with Crippen LogP contribution in [0.15, 0.2) is 66.9 Å². The van der Waals surface area contributed by atoms with Gasteiger partial charge in [-0.2, -0.15) is 4.39 Å². The van der Waals surface area contributed by atoms with Crippen LogP contribution >= 0.6 is 0 Å². The molecule has 0 atom stereocenters. The Morgan fingerprint density at radius 3 is 1.89 bits per heavy atom. The van der Waals surface area contributed by atoms with Gasteiger partial charge >= 0.3 is 0 Å². The first-order valence-electron chi connectivity index (χ1n) is 5.98. The highest BCUT2D eigenvalue weighted by molar-refractivity contribution is 5.62. The molecule has 3 heteroatoms. The Kier molecular flexibility index (Phi) is 3.02. The molecule has 0 spiro atoms. The molecule has 2 aromatic carbocycles. The zero-order chi connectivity index (χ0) is 13.1. The van der Waals surface area contributed by atoms with Crippen LogP contribution in [0.25, 0.3) is 22.5 Å². The fourth-order valence-corrected chi connectivity index (χ4v) is 1.90. The van der Waals surface area contributed by atoms with E-state index in [4.69, 9.17) is 0 Å². The van der Waals surface area contributed by atoms with Crippen molar-refractivity contribution < 1.29 is 4.39 Å². The van der Waals surface area contributed by atoms with Crippen LogP contribution in [0.3, 0.4) is 0 Å². The Labute approximate surface area is 110 Å². The van der Waals surface area contributed by atoms with E-state index in [-0.39, 0.29) is 5.69 Å². The molecule has 1 heterocycles. The van der Waals surface area contributed by atoms with E-state index in [1.54, 1.807) is 6.20 Å². The molecule has 0 unspecified atom stereocenters. The minimum Gasteiger partial charge on any atom is -0.249 e. The summed E-state index contributed by atoms with van der Waals surface area (Å²) < 4.78 is 14.0. The minimum atomic E-state index is -0.549. The Hall–Kier alpha value is -2.55. The highest BCUT2D eigenvalue weighted by Crippen LogP contribution is 2.22. The Morgan fingerprint density at radius 2 is 1.32 bits per heavy atom. The molecule has 0 saturated carbocycles. The van der Waals surface area contributed by atoms with Crippen molar-refractivity contribution in [3.8, 4) is 22.5 Å². The lowest BCUT2D eigenvalue weighted by atomic mass is 10.1. The molecule has 3 rings (SSSR count). The summed E-state index contributed by atoms with van der Waals surface area (Å²) in [5.74, 6) is -0.549. The number of hydrogen-bond acceptors (Lipinski definition) is 2. The normalized spacial score (nSPS) is 10.4. The van der Waals surface area contributed by atoms with E-state index in [0.717, 1.165) is 11.1 Å². The highest BCUT2D eigenvalue weighted by Gasteiger charge is 2.09. The highest BCUT2D eigenvalue weighted by atomic mass is 19.1. The number of halogens is 1. The van der Waals surface area contributed by atoms with E-state index in [9.17, 15) is 4.39 Å². The molecule has 0 N–H and O–H groups in total. The van der Waals surface area contributed by atoms with Gasteiger partial charge in [-0.05, 0) is 0 Å². The third-order valence-electron chi connectivity index (χ3n) is 2.85. The summed E-state index contributed by atoms with van der Waals surface area (Å²) in [5, 5.41) is 0. The summed E-state index contributed by atoms with van der Waals surface area (Å²) in [4.78, 5) is 8.18.